The number of rotatable bonds is 5. The molecule has 1 saturated heterocycles. The predicted octanol–water partition coefficient (Wildman–Crippen LogP) is 6.75. The van der Waals surface area contributed by atoms with Gasteiger partial charge in [0.2, 0.25) is 0 Å². The van der Waals surface area contributed by atoms with Crippen molar-refractivity contribution in [3.63, 3.8) is 0 Å². The fourth-order valence-electron chi connectivity index (χ4n) is 3.60. The third kappa shape index (κ3) is 6.06. The zero-order valence-electron chi connectivity index (χ0n) is 16.4. The lowest BCUT2D eigenvalue weighted by Crippen LogP contribution is -2.58. The fourth-order valence-corrected chi connectivity index (χ4v) is 3.60. The van der Waals surface area contributed by atoms with Gasteiger partial charge in [-0.1, -0.05) is 50.6 Å². The van der Waals surface area contributed by atoms with Crippen LogP contribution in [0.4, 0.5) is 0 Å². The Morgan fingerprint density at radius 3 is 2.00 bits per heavy atom. The lowest BCUT2D eigenvalue weighted by molar-refractivity contribution is -0.308. The molecule has 1 aliphatic heterocycles. The highest BCUT2D eigenvalue weighted by atomic mass is 35.5. The highest BCUT2D eigenvalue weighted by Gasteiger charge is 2.43. The average Bonchev–Trinajstić information content (AvgIpc) is 2.51. The van der Waals surface area contributed by atoms with Crippen LogP contribution in [-0.2, 0) is 4.84 Å². The number of piperidine rings is 1. The summed E-state index contributed by atoms with van der Waals surface area (Å²) in [5.41, 5.74) is 1.49. The van der Waals surface area contributed by atoms with Gasteiger partial charge in [0.15, 0.2) is 0 Å². The van der Waals surface area contributed by atoms with Crippen LogP contribution in [0, 0.1) is 0 Å². The molecule has 2 nitrogen and oxygen atoms in total. The van der Waals surface area contributed by atoms with Gasteiger partial charge in [0, 0.05) is 17.0 Å². The molecule has 1 fully saturated rings. The Morgan fingerprint density at radius 2 is 1.54 bits per heavy atom. The van der Waals surface area contributed by atoms with Gasteiger partial charge >= 0.3 is 0 Å². The van der Waals surface area contributed by atoms with E-state index in [0.717, 1.165) is 18.7 Å². The first-order chi connectivity index (χ1) is 11.3. The van der Waals surface area contributed by atoms with Crippen LogP contribution in [-0.4, -0.2) is 22.0 Å². The standard InChI is InChI=1S/C19H31NO.C2H5Cl/c1-6-11-17(16-12-8-7-9-13-16)21-20-18(2,3)14-10-15-19(20,4)5;1-2-3/h7-9,12-13,17H,6,10-11,14-15H2,1-5H3;2H2,1H3. The van der Waals surface area contributed by atoms with Crippen LogP contribution in [0.5, 0.6) is 0 Å². The maximum atomic E-state index is 6.58. The van der Waals surface area contributed by atoms with Crippen molar-refractivity contribution in [1.82, 2.24) is 5.06 Å². The number of hydroxylamine groups is 2. The van der Waals surface area contributed by atoms with Crippen LogP contribution in [0.2, 0.25) is 0 Å². The van der Waals surface area contributed by atoms with Crippen molar-refractivity contribution in [1.29, 1.82) is 0 Å². The van der Waals surface area contributed by atoms with Crippen LogP contribution < -0.4 is 0 Å². The van der Waals surface area contributed by atoms with E-state index in [-0.39, 0.29) is 17.2 Å². The smallest absolute Gasteiger partial charge is 0.104 e. The molecule has 1 heterocycles. The summed E-state index contributed by atoms with van der Waals surface area (Å²) in [6, 6.07) is 10.7. The summed E-state index contributed by atoms with van der Waals surface area (Å²) in [4.78, 5) is 6.58. The van der Waals surface area contributed by atoms with E-state index in [1.807, 2.05) is 6.92 Å². The van der Waals surface area contributed by atoms with E-state index >= 15 is 0 Å². The first kappa shape index (κ1) is 21.5. The van der Waals surface area contributed by atoms with Crippen LogP contribution in [0.15, 0.2) is 30.3 Å². The largest absolute Gasteiger partial charge is 0.290 e. The molecule has 0 aromatic heterocycles. The quantitative estimate of drug-likeness (QED) is 0.543. The molecular weight excluding hydrogens is 318 g/mol. The van der Waals surface area contributed by atoms with E-state index in [2.05, 4.69) is 70.0 Å². The lowest BCUT2D eigenvalue weighted by Gasteiger charge is -2.52. The molecule has 2 rings (SSSR count). The lowest BCUT2D eigenvalue weighted by atomic mass is 9.82. The van der Waals surface area contributed by atoms with Crippen molar-refractivity contribution in [3.05, 3.63) is 35.9 Å². The van der Waals surface area contributed by atoms with Gasteiger partial charge in [-0.3, -0.25) is 4.84 Å². The summed E-state index contributed by atoms with van der Waals surface area (Å²) in [5.74, 6) is 0.722. The van der Waals surface area contributed by atoms with Crippen LogP contribution in [0.25, 0.3) is 0 Å². The Morgan fingerprint density at radius 1 is 1.04 bits per heavy atom. The molecule has 1 aromatic carbocycles. The summed E-state index contributed by atoms with van der Waals surface area (Å²) in [6.07, 6.45) is 6.03. The number of benzene rings is 1. The summed E-state index contributed by atoms with van der Waals surface area (Å²) < 4.78 is 0. The van der Waals surface area contributed by atoms with Crippen molar-refractivity contribution in [3.8, 4) is 0 Å². The second-order valence-electron chi connectivity index (χ2n) is 7.83. The van der Waals surface area contributed by atoms with Crippen molar-refractivity contribution < 1.29 is 4.84 Å². The van der Waals surface area contributed by atoms with E-state index in [9.17, 15) is 0 Å². The van der Waals surface area contributed by atoms with Gasteiger partial charge in [0.25, 0.3) is 0 Å². The highest BCUT2D eigenvalue weighted by molar-refractivity contribution is 6.17. The molecule has 1 atom stereocenters. The Hall–Kier alpha value is -0.570. The molecule has 0 aliphatic carbocycles. The molecular formula is C21H36ClNO. The molecule has 24 heavy (non-hydrogen) atoms. The van der Waals surface area contributed by atoms with E-state index in [4.69, 9.17) is 16.4 Å². The van der Waals surface area contributed by atoms with Crippen molar-refractivity contribution >= 4 is 11.6 Å². The van der Waals surface area contributed by atoms with Crippen LogP contribution in [0.1, 0.15) is 85.3 Å². The third-order valence-corrected chi connectivity index (χ3v) is 4.63. The molecule has 1 unspecified atom stereocenters. The van der Waals surface area contributed by atoms with Gasteiger partial charge in [-0.05, 0) is 58.9 Å². The molecule has 1 aliphatic rings. The molecule has 0 radical (unpaired) electrons. The number of alkyl halides is 1. The topological polar surface area (TPSA) is 12.5 Å². The third-order valence-electron chi connectivity index (χ3n) is 4.63. The van der Waals surface area contributed by atoms with E-state index < -0.39 is 0 Å². The number of hydrogen-bond donors (Lipinski definition) is 0. The zero-order valence-corrected chi connectivity index (χ0v) is 17.2. The van der Waals surface area contributed by atoms with Crippen LogP contribution >= 0.6 is 11.6 Å². The normalized spacial score (nSPS) is 20.8. The minimum absolute atomic E-state index is 0.0997. The Balaban J connectivity index is 0.000000891. The minimum Gasteiger partial charge on any atom is -0.290 e. The van der Waals surface area contributed by atoms with E-state index in [1.54, 1.807) is 0 Å². The predicted molar refractivity (Wildman–Crippen MR) is 105 cm³/mol. The van der Waals surface area contributed by atoms with Gasteiger partial charge in [0.05, 0.1) is 0 Å². The van der Waals surface area contributed by atoms with E-state index in [0.29, 0.717) is 0 Å². The van der Waals surface area contributed by atoms with Gasteiger partial charge in [-0.15, -0.1) is 11.6 Å². The fraction of sp³-hybridized carbons (Fsp3) is 0.714. The summed E-state index contributed by atoms with van der Waals surface area (Å²) in [6.45, 7) is 13.3. The average molecular weight is 354 g/mol. The summed E-state index contributed by atoms with van der Waals surface area (Å²) in [7, 11) is 0. The molecule has 0 saturated carbocycles. The summed E-state index contributed by atoms with van der Waals surface area (Å²) >= 11 is 5.00. The van der Waals surface area contributed by atoms with E-state index in [1.165, 1.54) is 24.8 Å². The second-order valence-corrected chi connectivity index (χ2v) is 8.37. The minimum atomic E-state index is 0.0997. The van der Waals surface area contributed by atoms with Crippen molar-refractivity contribution in [2.24, 2.45) is 0 Å². The SMILES string of the molecule is CCCC(ON1C(C)(C)CCCC1(C)C)c1ccccc1.CCCl. The Kier molecular flexibility index (Phi) is 8.76. The maximum Gasteiger partial charge on any atom is 0.104 e. The van der Waals surface area contributed by atoms with Crippen molar-refractivity contribution in [2.45, 2.75) is 90.8 Å². The second kappa shape index (κ2) is 9.79. The first-order valence-electron chi connectivity index (χ1n) is 9.36. The van der Waals surface area contributed by atoms with Gasteiger partial charge in [-0.25, -0.2) is 0 Å². The number of nitrogens with zero attached hydrogens (tertiary/aromatic N) is 1. The molecule has 0 bridgehead atoms. The number of halogens is 1. The number of hydrogen-bond acceptors (Lipinski definition) is 2. The molecule has 3 heteroatoms. The summed E-state index contributed by atoms with van der Waals surface area (Å²) in [5, 5.41) is 2.29. The highest BCUT2D eigenvalue weighted by Crippen LogP contribution is 2.41. The molecule has 138 valence electrons. The van der Waals surface area contributed by atoms with Gasteiger partial charge < -0.3 is 0 Å². The van der Waals surface area contributed by atoms with Crippen molar-refractivity contribution in [2.75, 3.05) is 5.88 Å². The maximum absolute atomic E-state index is 6.58. The molecule has 1 aromatic rings. The van der Waals surface area contributed by atoms with Crippen LogP contribution in [0.3, 0.4) is 0 Å². The Bertz CT molecular complexity index is 442. The van der Waals surface area contributed by atoms with Gasteiger partial charge in [0.1, 0.15) is 6.10 Å². The monoisotopic (exact) mass is 353 g/mol. The molecule has 0 spiro atoms. The molecule has 0 amide bonds. The Labute approximate surface area is 154 Å². The van der Waals surface area contributed by atoms with Gasteiger partial charge in [-0.2, -0.15) is 5.06 Å². The zero-order chi connectivity index (χ0) is 18.2. The molecule has 0 N–H and O–H groups in total. The first-order valence-corrected chi connectivity index (χ1v) is 9.90.